The zero-order chi connectivity index (χ0) is 12.5. The minimum absolute atomic E-state index is 0.136. The van der Waals surface area contributed by atoms with Gasteiger partial charge in [-0.25, -0.2) is 0 Å². The van der Waals surface area contributed by atoms with Crippen molar-refractivity contribution in [2.45, 2.75) is 32.4 Å². The van der Waals surface area contributed by atoms with E-state index in [2.05, 4.69) is 30.7 Å². The number of rotatable bonds is 2. The molecule has 17 heavy (non-hydrogen) atoms. The van der Waals surface area contributed by atoms with Gasteiger partial charge in [0.05, 0.1) is 13.2 Å². The number of nitrogens with zero attached hydrogens (tertiary/aromatic N) is 2. The van der Waals surface area contributed by atoms with E-state index in [4.69, 9.17) is 10.5 Å². The van der Waals surface area contributed by atoms with Crippen molar-refractivity contribution in [1.82, 2.24) is 9.80 Å². The SMILES string of the molecule is CC1CN(C)CCCN1CC1(C)COCC1N. The Labute approximate surface area is 105 Å². The predicted octanol–water partition coefficient (Wildman–Crippen LogP) is 0.376. The Morgan fingerprint density at radius 1 is 1.41 bits per heavy atom. The van der Waals surface area contributed by atoms with Crippen LogP contribution < -0.4 is 5.73 Å². The van der Waals surface area contributed by atoms with Gasteiger partial charge >= 0.3 is 0 Å². The maximum atomic E-state index is 6.18. The molecule has 0 spiro atoms. The highest BCUT2D eigenvalue weighted by Crippen LogP contribution is 2.29. The van der Waals surface area contributed by atoms with Crippen molar-refractivity contribution in [3.63, 3.8) is 0 Å². The number of hydrogen-bond acceptors (Lipinski definition) is 4. The van der Waals surface area contributed by atoms with Gasteiger partial charge < -0.3 is 15.4 Å². The average molecular weight is 241 g/mol. The zero-order valence-corrected chi connectivity index (χ0v) is 11.5. The molecule has 0 saturated carbocycles. The van der Waals surface area contributed by atoms with E-state index in [-0.39, 0.29) is 11.5 Å². The lowest BCUT2D eigenvalue weighted by Crippen LogP contribution is -2.50. The van der Waals surface area contributed by atoms with E-state index in [1.54, 1.807) is 0 Å². The van der Waals surface area contributed by atoms with Gasteiger partial charge in [0.15, 0.2) is 0 Å². The highest BCUT2D eigenvalue weighted by Gasteiger charge is 2.40. The maximum absolute atomic E-state index is 6.18. The van der Waals surface area contributed by atoms with Crippen molar-refractivity contribution in [3.05, 3.63) is 0 Å². The fraction of sp³-hybridized carbons (Fsp3) is 1.00. The molecule has 3 atom stereocenters. The molecular formula is C13H27N3O. The molecule has 0 aliphatic carbocycles. The van der Waals surface area contributed by atoms with E-state index in [0.717, 1.165) is 26.3 Å². The third-order valence-electron chi connectivity index (χ3n) is 4.37. The molecule has 4 heteroatoms. The first kappa shape index (κ1) is 13.3. The molecule has 2 aliphatic heterocycles. The summed E-state index contributed by atoms with van der Waals surface area (Å²) in [6, 6.07) is 0.808. The van der Waals surface area contributed by atoms with Gasteiger partial charge in [0.25, 0.3) is 0 Å². The van der Waals surface area contributed by atoms with Crippen LogP contribution in [0, 0.1) is 5.41 Å². The van der Waals surface area contributed by atoms with Gasteiger partial charge in [-0.05, 0) is 33.5 Å². The van der Waals surface area contributed by atoms with Crippen LogP contribution in [0.25, 0.3) is 0 Å². The first-order chi connectivity index (χ1) is 8.01. The fourth-order valence-electron chi connectivity index (χ4n) is 3.01. The van der Waals surface area contributed by atoms with Crippen molar-refractivity contribution in [3.8, 4) is 0 Å². The van der Waals surface area contributed by atoms with Gasteiger partial charge in [0, 0.05) is 30.6 Å². The molecule has 0 radical (unpaired) electrons. The molecule has 0 bridgehead atoms. The largest absolute Gasteiger partial charge is 0.379 e. The summed E-state index contributed by atoms with van der Waals surface area (Å²) in [4.78, 5) is 5.02. The Hall–Kier alpha value is -0.160. The third-order valence-corrected chi connectivity index (χ3v) is 4.37. The minimum atomic E-state index is 0.136. The lowest BCUT2D eigenvalue weighted by molar-refractivity contribution is 0.0983. The molecule has 3 unspecified atom stereocenters. The lowest BCUT2D eigenvalue weighted by atomic mass is 9.85. The van der Waals surface area contributed by atoms with Crippen molar-refractivity contribution in [2.75, 3.05) is 46.4 Å². The van der Waals surface area contributed by atoms with E-state index in [1.165, 1.54) is 19.5 Å². The van der Waals surface area contributed by atoms with Gasteiger partial charge in [-0.1, -0.05) is 6.92 Å². The summed E-state index contributed by atoms with van der Waals surface area (Å²) < 4.78 is 5.54. The summed E-state index contributed by atoms with van der Waals surface area (Å²) in [6.07, 6.45) is 1.26. The Kier molecular flexibility index (Phi) is 4.08. The predicted molar refractivity (Wildman–Crippen MR) is 70.1 cm³/mol. The standard InChI is InChI=1S/C13H27N3O/c1-11-7-15(3)5-4-6-16(11)9-13(2)10-17-8-12(13)14/h11-12H,4-10,14H2,1-3H3. The van der Waals surface area contributed by atoms with Crippen LogP contribution in [-0.4, -0.2) is 68.3 Å². The van der Waals surface area contributed by atoms with Crippen LogP contribution in [0.3, 0.4) is 0 Å². The summed E-state index contributed by atoms with van der Waals surface area (Å²) >= 11 is 0. The smallest absolute Gasteiger partial charge is 0.0624 e. The van der Waals surface area contributed by atoms with Crippen LogP contribution in [0.5, 0.6) is 0 Å². The van der Waals surface area contributed by atoms with Crippen molar-refractivity contribution >= 4 is 0 Å². The Balaban J connectivity index is 1.97. The average Bonchev–Trinajstić information content (AvgIpc) is 2.48. The highest BCUT2D eigenvalue weighted by atomic mass is 16.5. The summed E-state index contributed by atoms with van der Waals surface area (Å²) in [7, 11) is 2.21. The topological polar surface area (TPSA) is 41.7 Å². The number of ether oxygens (including phenoxy) is 1. The monoisotopic (exact) mass is 241 g/mol. The van der Waals surface area contributed by atoms with E-state index < -0.39 is 0 Å². The van der Waals surface area contributed by atoms with Crippen LogP contribution in [0.1, 0.15) is 20.3 Å². The minimum Gasteiger partial charge on any atom is -0.379 e. The molecule has 0 aromatic rings. The van der Waals surface area contributed by atoms with Crippen LogP contribution in [-0.2, 0) is 4.74 Å². The summed E-state index contributed by atoms with van der Waals surface area (Å²) in [5.74, 6) is 0. The number of hydrogen-bond donors (Lipinski definition) is 1. The van der Waals surface area contributed by atoms with Crippen molar-refractivity contribution in [1.29, 1.82) is 0 Å². The first-order valence-electron chi connectivity index (χ1n) is 6.77. The summed E-state index contributed by atoms with van der Waals surface area (Å²) in [5.41, 5.74) is 6.32. The second-order valence-electron chi connectivity index (χ2n) is 6.21. The Bertz CT molecular complexity index is 261. The van der Waals surface area contributed by atoms with Crippen molar-refractivity contribution < 1.29 is 4.74 Å². The van der Waals surface area contributed by atoms with Crippen LogP contribution in [0.4, 0.5) is 0 Å². The molecule has 0 amide bonds. The molecule has 2 rings (SSSR count). The second-order valence-corrected chi connectivity index (χ2v) is 6.21. The molecule has 2 N–H and O–H groups in total. The van der Waals surface area contributed by atoms with Crippen molar-refractivity contribution in [2.24, 2.45) is 11.1 Å². The summed E-state index contributed by atoms with van der Waals surface area (Å²) in [5, 5.41) is 0. The van der Waals surface area contributed by atoms with Crippen LogP contribution in [0.15, 0.2) is 0 Å². The van der Waals surface area contributed by atoms with E-state index >= 15 is 0 Å². The van der Waals surface area contributed by atoms with Gasteiger partial charge in [-0.15, -0.1) is 0 Å². The molecule has 2 saturated heterocycles. The van der Waals surface area contributed by atoms with Crippen LogP contribution >= 0.6 is 0 Å². The van der Waals surface area contributed by atoms with Gasteiger partial charge in [-0.3, -0.25) is 4.90 Å². The molecular weight excluding hydrogens is 214 g/mol. The Morgan fingerprint density at radius 3 is 2.82 bits per heavy atom. The van der Waals surface area contributed by atoms with Gasteiger partial charge in [-0.2, -0.15) is 0 Å². The lowest BCUT2D eigenvalue weighted by Gasteiger charge is -2.36. The molecule has 100 valence electrons. The third kappa shape index (κ3) is 2.99. The molecule has 2 aliphatic rings. The molecule has 4 nitrogen and oxygen atoms in total. The zero-order valence-electron chi connectivity index (χ0n) is 11.5. The molecule has 2 fully saturated rings. The molecule has 0 aromatic heterocycles. The number of nitrogens with two attached hydrogens (primary N) is 1. The van der Waals surface area contributed by atoms with E-state index in [9.17, 15) is 0 Å². The van der Waals surface area contributed by atoms with E-state index in [1.807, 2.05) is 0 Å². The highest BCUT2D eigenvalue weighted by molar-refractivity contribution is 4.93. The Morgan fingerprint density at radius 2 is 2.18 bits per heavy atom. The fourth-order valence-corrected chi connectivity index (χ4v) is 3.01. The second kappa shape index (κ2) is 5.22. The maximum Gasteiger partial charge on any atom is 0.0624 e. The summed E-state index contributed by atoms with van der Waals surface area (Å²) in [6.45, 7) is 10.8. The van der Waals surface area contributed by atoms with Gasteiger partial charge in [0.2, 0.25) is 0 Å². The van der Waals surface area contributed by atoms with Gasteiger partial charge in [0.1, 0.15) is 0 Å². The molecule has 2 heterocycles. The molecule has 0 aromatic carbocycles. The first-order valence-corrected chi connectivity index (χ1v) is 6.77. The van der Waals surface area contributed by atoms with Crippen LogP contribution in [0.2, 0.25) is 0 Å². The van der Waals surface area contributed by atoms with E-state index in [0.29, 0.717) is 6.04 Å². The number of likely N-dealkylation sites (N-methyl/N-ethyl adjacent to an activating group) is 1. The normalized spacial score (nSPS) is 41.6. The quantitative estimate of drug-likeness (QED) is 0.759.